The number of hydrogen-bond acceptors (Lipinski definition) is 6. The van der Waals surface area contributed by atoms with Gasteiger partial charge in [-0.25, -0.2) is 26.3 Å². The van der Waals surface area contributed by atoms with Gasteiger partial charge < -0.3 is 9.72 Å². The summed E-state index contributed by atoms with van der Waals surface area (Å²) in [6, 6.07) is 2.99. The van der Waals surface area contributed by atoms with Gasteiger partial charge in [-0.15, -0.1) is 10.2 Å². The fraction of sp³-hybridized carbons (Fsp3) is 0.429. The number of nitrogens with zero attached hydrogens (tertiary/aromatic N) is 3. The van der Waals surface area contributed by atoms with Crippen molar-refractivity contribution in [2.24, 2.45) is 0 Å². The van der Waals surface area contributed by atoms with Crippen LogP contribution in [0.3, 0.4) is 0 Å². The van der Waals surface area contributed by atoms with E-state index in [1.54, 1.807) is 23.7 Å². The van der Waals surface area contributed by atoms with Crippen LogP contribution in [0.2, 0.25) is 0 Å². The molecule has 0 aliphatic heterocycles. The van der Waals surface area contributed by atoms with E-state index in [9.17, 15) is 21.6 Å². The van der Waals surface area contributed by atoms with Gasteiger partial charge >= 0.3 is 0 Å². The van der Waals surface area contributed by atoms with E-state index in [0.29, 0.717) is 29.5 Å². The molecule has 0 bridgehead atoms. The Labute approximate surface area is 193 Å². The van der Waals surface area contributed by atoms with Crippen LogP contribution in [-0.4, -0.2) is 47.8 Å². The number of rotatable bonds is 7. The van der Waals surface area contributed by atoms with Gasteiger partial charge in [0.1, 0.15) is 6.67 Å². The van der Waals surface area contributed by atoms with Crippen LogP contribution in [0.1, 0.15) is 43.7 Å². The zero-order chi connectivity index (χ0) is 24.0. The van der Waals surface area contributed by atoms with Crippen molar-refractivity contribution in [3.8, 4) is 22.4 Å². The molecule has 3 heterocycles. The molecule has 12 heteroatoms. The highest BCUT2D eigenvalue weighted by Gasteiger charge is 2.46. The van der Waals surface area contributed by atoms with Crippen LogP contribution in [0.4, 0.5) is 13.2 Å². The Hall–Kier alpha value is -2.46. The van der Waals surface area contributed by atoms with Crippen LogP contribution < -0.4 is 10.0 Å². The maximum Gasteiger partial charge on any atom is 0.291 e. The van der Waals surface area contributed by atoms with Crippen molar-refractivity contribution < 1.29 is 21.6 Å². The lowest BCUT2D eigenvalue weighted by atomic mass is 10.1. The third-order valence-corrected chi connectivity index (χ3v) is 8.02. The number of nitrogens with one attached hydrogen (secondary N) is 2. The van der Waals surface area contributed by atoms with Gasteiger partial charge in [0.05, 0.1) is 27.1 Å². The third-order valence-electron chi connectivity index (χ3n) is 5.50. The number of hydrogen-bond donors (Lipinski definition) is 2. The first-order valence-corrected chi connectivity index (χ1v) is 12.4. The Bertz CT molecular complexity index is 1370. The Kier molecular flexibility index (Phi) is 6.03. The minimum Gasteiger partial charge on any atom is -0.321 e. The van der Waals surface area contributed by atoms with Crippen LogP contribution in [0.15, 0.2) is 29.4 Å². The predicted molar refractivity (Wildman–Crippen MR) is 120 cm³/mol. The number of fused-ring (bicyclic) bond motifs is 1. The van der Waals surface area contributed by atoms with Gasteiger partial charge in [-0.05, 0) is 45.9 Å². The first kappa shape index (κ1) is 23.7. The lowest BCUT2D eigenvalue weighted by Gasteiger charge is -2.15. The summed E-state index contributed by atoms with van der Waals surface area (Å²) in [5.74, 6) is 6.18. The van der Waals surface area contributed by atoms with Gasteiger partial charge in [0, 0.05) is 18.0 Å². The van der Waals surface area contributed by atoms with Crippen molar-refractivity contribution in [1.29, 1.82) is 0 Å². The molecule has 3 aromatic rings. The topological polar surface area (TPSA) is 88.4 Å². The van der Waals surface area contributed by atoms with E-state index in [1.807, 2.05) is 13.8 Å². The second kappa shape index (κ2) is 8.39. The van der Waals surface area contributed by atoms with E-state index in [4.69, 9.17) is 0 Å². The molecule has 33 heavy (non-hydrogen) atoms. The maximum absolute atomic E-state index is 13.2. The molecule has 1 saturated carbocycles. The standard InChI is InChI=1S/C21H22F3N5O2S2/c1-20(2,25-3)7-6-14-15(18-26-27-19(32-18)17(23)24)11-29-10-13(4-5-16(14)29)33(30,31)28-21(12-22)8-9-21/h4-5,10-11,17,25,28H,8-9,12H2,1-3H3. The van der Waals surface area contributed by atoms with E-state index >= 15 is 0 Å². The highest BCUT2D eigenvalue weighted by molar-refractivity contribution is 7.89. The number of aromatic nitrogens is 3. The number of sulfonamides is 1. The van der Waals surface area contributed by atoms with E-state index in [0.717, 1.165) is 11.3 Å². The van der Waals surface area contributed by atoms with E-state index in [1.165, 1.54) is 12.3 Å². The first-order chi connectivity index (χ1) is 15.5. The molecule has 0 radical (unpaired) electrons. The smallest absolute Gasteiger partial charge is 0.291 e. The van der Waals surface area contributed by atoms with E-state index < -0.39 is 39.2 Å². The summed E-state index contributed by atoms with van der Waals surface area (Å²) >= 11 is 0.750. The highest BCUT2D eigenvalue weighted by atomic mass is 32.2. The number of pyridine rings is 1. The van der Waals surface area contributed by atoms with Crippen LogP contribution in [0.5, 0.6) is 0 Å². The molecule has 3 aromatic heterocycles. The molecule has 176 valence electrons. The van der Waals surface area contributed by atoms with Crippen molar-refractivity contribution in [3.63, 3.8) is 0 Å². The molecule has 0 spiro atoms. The van der Waals surface area contributed by atoms with Gasteiger partial charge in [0.25, 0.3) is 6.43 Å². The van der Waals surface area contributed by atoms with Gasteiger partial charge in [-0.3, -0.25) is 0 Å². The van der Waals surface area contributed by atoms with Crippen LogP contribution in [0.25, 0.3) is 16.1 Å². The highest BCUT2D eigenvalue weighted by Crippen LogP contribution is 2.38. The monoisotopic (exact) mass is 497 g/mol. The molecule has 0 unspecified atom stereocenters. The largest absolute Gasteiger partial charge is 0.321 e. The van der Waals surface area contributed by atoms with Crippen molar-refractivity contribution >= 4 is 26.9 Å². The van der Waals surface area contributed by atoms with Crippen molar-refractivity contribution in [2.45, 2.75) is 49.1 Å². The van der Waals surface area contributed by atoms with Crippen molar-refractivity contribution in [2.75, 3.05) is 13.7 Å². The fourth-order valence-corrected chi connectivity index (χ4v) is 5.24. The zero-order valence-corrected chi connectivity index (χ0v) is 19.7. The molecule has 1 fully saturated rings. The van der Waals surface area contributed by atoms with E-state index in [-0.39, 0.29) is 9.90 Å². The Morgan fingerprint density at radius 3 is 2.58 bits per heavy atom. The van der Waals surface area contributed by atoms with Crippen LogP contribution in [0, 0.1) is 11.8 Å². The molecular formula is C21H22F3N5O2S2. The second-order valence-corrected chi connectivity index (χ2v) is 11.2. The summed E-state index contributed by atoms with van der Waals surface area (Å²) < 4.78 is 69.0. The zero-order valence-electron chi connectivity index (χ0n) is 18.1. The Morgan fingerprint density at radius 2 is 2.00 bits per heavy atom. The van der Waals surface area contributed by atoms with Gasteiger partial charge in [-0.2, -0.15) is 0 Å². The lowest BCUT2D eigenvalue weighted by Crippen LogP contribution is -2.38. The number of halogens is 3. The van der Waals surface area contributed by atoms with Gasteiger partial charge in [0.2, 0.25) is 10.0 Å². The van der Waals surface area contributed by atoms with Crippen molar-refractivity contribution in [3.05, 3.63) is 35.1 Å². The first-order valence-electron chi connectivity index (χ1n) is 10.1. The van der Waals surface area contributed by atoms with Crippen LogP contribution in [-0.2, 0) is 10.0 Å². The SMILES string of the molecule is CNC(C)(C)C#Cc1c(-c2nnc(C(F)F)s2)cn2cc(S(=O)(=O)NC3(CF)CC3)ccc12. The normalized spacial score (nSPS) is 15.6. The van der Waals surface area contributed by atoms with Crippen molar-refractivity contribution in [1.82, 2.24) is 24.6 Å². The molecule has 4 rings (SSSR count). The predicted octanol–water partition coefficient (Wildman–Crippen LogP) is 3.53. The van der Waals surface area contributed by atoms with E-state index in [2.05, 4.69) is 32.1 Å². The minimum absolute atomic E-state index is 0.0446. The second-order valence-electron chi connectivity index (χ2n) is 8.47. The summed E-state index contributed by atoms with van der Waals surface area (Å²) in [4.78, 5) is -0.0446. The van der Waals surface area contributed by atoms with Crippen LogP contribution >= 0.6 is 11.3 Å². The molecule has 7 nitrogen and oxygen atoms in total. The summed E-state index contributed by atoms with van der Waals surface area (Å²) in [5, 5.41) is 10.3. The third kappa shape index (κ3) is 4.77. The number of alkyl halides is 3. The van der Waals surface area contributed by atoms with Gasteiger partial charge in [0.15, 0.2) is 10.0 Å². The fourth-order valence-electron chi connectivity index (χ4n) is 3.08. The summed E-state index contributed by atoms with van der Waals surface area (Å²) in [7, 11) is -2.19. The maximum atomic E-state index is 13.2. The molecule has 2 N–H and O–H groups in total. The summed E-state index contributed by atoms with van der Waals surface area (Å²) in [5.41, 5.74) is -0.00976. The quantitative estimate of drug-likeness (QED) is 0.488. The molecule has 1 aliphatic rings. The van der Waals surface area contributed by atoms with Gasteiger partial charge in [-0.1, -0.05) is 23.2 Å². The summed E-state index contributed by atoms with van der Waals surface area (Å²) in [6.45, 7) is 2.99. The molecule has 0 amide bonds. The molecular weight excluding hydrogens is 475 g/mol. The molecule has 0 aromatic carbocycles. The minimum atomic E-state index is -3.96. The average Bonchev–Trinajstić information content (AvgIpc) is 3.20. The molecule has 1 aliphatic carbocycles. The Balaban J connectivity index is 1.84. The summed E-state index contributed by atoms with van der Waals surface area (Å²) in [6.07, 6.45) is 1.12. The lowest BCUT2D eigenvalue weighted by molar-refractivity contribution is 0.150. The molecule has 0 atom stereocenters. The Morgan fingerprint density at radius 1 is 1.27 bits per heavy atom. The molecule has 0 saturated heterocycles. The average molecular weight is 498 g/mol.